The van der Waals surface area contributed by atoms with Crippen molar-refractivity contribution in [3.63, 3.8) is 0 Å². The summed E-state index contributed by atoms with van der Waals surface area (Å²) < 4.78 is 35.9. The minimum atomic E-state index is -3.26. The lowest BCUT2D eigenvalue weighted by Gasteiger charge is -2.17. The first-order valence-electron chi connectivity index (χ1n) is 8.59. The molecule has 150 valence electrons. The van der Waals surface area contributed by atoms with Gasteiger partial charge in [0.1, 0.15) is 17.3 Å². The van der Waals surface area contributed by atoms with Crippen molar-refractivity contribution in [2.75, 3.05) is 11.6 Å². The summed E-state index contributed by atoms with van der Waals surface area (Å²) in [5.74, 6) is -0.306. The molecule has 28 heavy (non-hydrogen) atoms. The van der Waals surface area contributed by atoms with Crippen molar-refractivity contribution >= 4 is 21.6 Å². The highest BCUT2D eigenvalue weighted by Crippen LogP contribution is 2.22. The van der Waals surface area contributed by atoms with Crippen LogP contribution in [0.15, 0.2) is 42.1 Å². The number of hydrogen-bond acceptors (Lipinski definition) is 6. The molecule has 0 aliphatic carbocycles. The average molecular weight is 406 g/mol. The van der Waals surface area contributed by atoms with Crippen LogP contribution >= 0.6 is 0 Å². The topological polar surface area (TPSA) is 101 Å². The number of benzene rings is 1. The summed E-state index contributed by atoms with van der Waals surface area (Å²) in [5.41, 5.74) is 1.46. The van der Waals surface area contributed by atoms with Gasteiger partial charge in [-0.25, -0.2) is 22.8 Å². The van der Waals surface area contributed by atoms with E-state index < -0.39 is 21.8 Å². The average Bonchev–Trinajstić information content (AvgIpc) is 2.62. The molecule has 0 spiro atoms. The van der Waals surface area contributed by atoms with E-state index in [1.807, 2.05) is 13.0 Å². The second kappa shape index (κ2) is 8.92. The number of anilines is 1. The molecule has 2 rings (SSSR count). The molecule has 0 saturated carbocycles. The molecule has 1 aromatic heterocycles. The molecule has 0 saturated heterocycles. The Kier molecular flexibility index (Phi) is 6.85. The van der Waals surface area contributed by atoms with Gasteiger partial charge in [0.15, 0.2) is 9.84 Å². The molecule has 7 nitrogen and oxygen atoms in total. The van der Waals surface area contributed by atoms with Crippen molar-refractivity contribution in [3.05, 3.63) is 64.7 Å². The van der Waals surface area contributed by atoms with E-state index in [0.29, 0.717) is 11.4 Å². The maximum Gasteiger partial charge on any atom is 0.271 e. The van der Waals surface area contributed by atoms with Crippen LogP contribution in [0, 0.1) is 12.7 Å². The zero-order chi connectivity index (χ0) is 20.9. The Balaban J connectivity index is 2.02. The number of amides is 1. The third kappa shape index (κ3) is 6.12. The molecule has 1 amide bonds. The zero-order valence-corrected chi connectivity index (χ0v) is 16.9. The highest BCUT2D eigenvalue weighted by atomic mass is 32.2. The summed E-state index contributed by atoms with van der Waals surface area (Å²) in [6.45, 7) is 5.23. The van der Waals surface area contributed by atoms with E-state index in [1.54, 1.807) is 19.9 Å². The van der Waals surface area contributed by atoms with E-state index in [9.17, 15) is 17.6 Å². The lowest BCUT2D eigenvalue weighted by atomic mass is 10.0. The van der Waals surface area contributed by atoms with E-state index in [1.165, 1.54) is 24.5 Å². The molecular weight excluding hydrogens is 383 g/mol. The summed E-state index contributed by atoms with van der Waals surface area (Å²) >= 11 is 0. The predicted octanol–water partition coefficient (Wildman–Crippen LogP) is 2.77. The standard InChI is InChI=1S/C19H23FN4O3S/c1-12(8-9-28(4,26)27)23-19(25)17-10-22-18(11-21-17)24-14(3)15-6-5-7-16(20)13(15)2/h5-12,14H,1-4H3,(H,22,24)(H,23,25)/b9-8+/t12-,14-/m1/s1. The maximum absolute atomic E-state index is 13.7. The Morgan fingerprint density at radius 1 is 1.21 bits per heavy atom. The van der Waals surface area contributed by atoms with Gasteiger partial charge in [0.25, 0.3) is 5.91 Å². The zero-order valence-electron chi connectivity index (χ0n) is 16.1. The molecule has 0 aliphatic heterocycles. The number of carbonyl (C=O) groups excluding carboxylic acids is 1. The number of hydrogen-bond donors (Lipinski definition) is 2. The smallest absolute Gasteiger partial charge is 0.271 e. The minimum absolute atomic E-state index is 0.0970. The van der Waals surface area contributed by atoms with Gasteiger partial charge in [-0.2, -0.15) is 0 Å². The van der Waals surface area contributed by atoms with E-state index in [4.69, 9.17) is 0 Å². The van der Waals surface area contributed by atoms with E-state index in [0.717, 1.165) is 17.2 Å². The Hall–Kier alpha value is -2.81. The van der Waals surface area contributed by atoms with Crippen LogP contribution in [0.25, 0.3) is 0 Å². The van der Waals surface area contributed by atoms with Crippen molar-refractivity contribution in [3.8, 4) is 0 Å². The Morgan fingerprint density at radius 3 is 2.54 bits per heavy atom. The van der Waals surface area contributed by atoms with Crippen LogP contribution in [0.4, 0.5) is 10.2 Å². The summed E-state index contributed by atoms with van der Waals surface area (Å²) in [7, 11) is -3.26. The number of halogens is 1. The third-order valence-corrected chi connectivity index (χ3v) is 4.65. The lowest BCUT2D eigenvalue weighted by Crippen LogP contribution is -2.32. The van der Waals surface area contributed by atoms with Gasteiger partial charge in [0.2, 0.25) is 0 Å². The van der Waals surface area contributed by atoms with Gasteiger partial charge in [0.05, 0.1) is 18.4 Å². The molecule has 0 bridgehead atoms. The van der Waals surface area contributed by atoms with Crippen LogP contribution in [-0.4, -0.2) is 36.6 Å². The normalized spacial score (nSPS) is 13.9. The highest BCUT2D eigenvalue weighted by Gasteiger charge is 2.14. The molecule has 1 aromatic carbocycles. The van der Waals surface area contributed by atoms with Gasteiger partial charge in [-0.15, -0.1) is 0 Å². The first kappa shape index (κ1) is 21.5. The van der Waals surface area contributed by atoms with Crippen LogP contribution < -0.4 is 10.6 Å². The minimum Gasteiger partial charge on any atom is -0.362 e. The maximum atomic E-state index is 13.7. The number of rotatable bonds is 7. The largest absolute Gasteiger partial charge is 0.362 e. The molecule has 2 N–H and O–H groups in total. The van der Waals surface area contributed by atoms with Crippen LogP contribution in [0.5, 0.6) is 0 Å². The van der Waals surface area contributed by atoms with Gasteiger partial charge in [-0.3, -0.25) is 4.79 Å². The van der Waals surface area contributed by atoms with Crippen molar-refractivity contribution in [2.24, 2.45) is 0 Å². The monoisotopic (exact) mass is 406 g/mol. The lowest BCUT2D eigenvalue weighted by molar-refractivity contribution is 0.0941. The molecule has 2 atom stereocenters. The molecule has 0 aliphatic rings. The van der Waals surface area contributed by atoms with Gasteiger partial charge < -0.3 is 10.6 Å². The van der Waals surface area contributed by atoms with Crippen LogP contribution in [0.1, 0.15) is 41.5 Å². The number of sulfone groups is 1. The fraction of sp³-hybridized carbons (Fsp3) is 0.316. The van der Waals surface area contributed by atoms with Gasteiger partial charge >= 0.3 is 0 Å². The van der Waals surface area contributed by atoms with Gasteiger partial charge in [0, 0.05) is 17.7 Å². The molecule has 0 radical (unpaired) electrons. The quantitative estimate of drug-likeness (QED) is 0.733. The summed E-state index contributed by atoms with van der Waals surface area (Å²) in [5, 5.41) is 6.77. The Morgan fingerprint density at radius 2 is 1.93 bits per heavy atom. The number of nitrogens with zero attached hydrogens (tertiary/aromatic N) is 2. The number of aromatic nitrogens is 2. The van der Waals surface area contributed by atoms with Gasteiger partial charge in [-0.05, 0) is 38.0 Å². The molecule has 2 aromatic rings. The van der Waals surface area contributed by atoms with Crippen molar-refractivity contribution in [2.45, 2.75) is 32.9 Å². The van der Waals surface area contributed by atoms with Crippen LogP contribution in [0.3, 0.4) is 0 Å². The van der Waals surface area contributed by atoms with Crippen molar-refractivity contribution in [1.29, 1.82) is 0 Å². The first-order chi connectivity index (χ1) is 13.1. The van der Waals surface area contributed by atoms with E-state index >= 15 is 0 Å². The summed E-state index contributed by atoms with van der Waals surface area (Å²) in [6.07, 6.45) is 5.17. The van der Waals surface area contributed by atoms with E-state index in [-0.39, 0.29) is 17.6 Å². The third-order valence-electron chi connectivity index (χ3n) is 4.00. The van der Waals surface area contributed by atoms with Crippen LogP contribution in [0.2, 0.25) is 0 Å². The molecule has 0 fully saturated rings. The fourth-order valence-corrected chi connectivity index (χ4v) is 3.02. The Labute approximate surface area is 164 Å². The second-order valence-corrected chi connectivity index (χ2v) is 8.46. The number of carbonyl (C=O) groups is 1. The molecule has 9 heteroatoms. The van der Waals surface area contributed by atoms with Gasteiger partial charge in [-0.1, -0.05) is 18.2 Å². The Bertz CT molecular complexity index is 975. The van der Waals surface area contributed by atoms with Crippen molar-refractivity contribution in [1.82, 2.24) is 15.3 Å². The summed E-state index contributed by atoms with van der Waals surface area (Å²) in [4.78, 5) is 20.4. The first-order valence-corrected chi connectivity index (χ1v) is 10.5. The van der Waals surface area contributed by atoms with Crippen LogP contribution in [-0.2, 0) is 9.84 Å². The number of nitrogens with one attached hydrogen (secondary N) is 2. The second-order valence-electron chi connectivity index (χ2n) is 6.53. The predicted molar refractivity (Wildman–Crippen MR) is 106 cm³/mol. The summed E-state index contributed by atoms with van der Waals surface area (Å²) in [6, 6.07) is 4.19. The van der Waals surface area contributed by atoms with Crippen molar-refractivity contribution < 1.29 is 17.6 Å². The fourth-order valence-electron chi connectivity index (χ4n) is 2.50. The highest BCUT2D eigenvalue weighted by molar-refractivity contribution is 7.93. The van der Waals surface area contributed by atoms with E-state index in [2.05, 4.69) is 20.6 Å². The molecule has 0 unspecified atom stereocenters. The molecular formula is C19H23FN4O3S. The SMILES string of the molecule is Cc1c(F)cccc1[C@@H](C)Nc1cnc(C(=O)N[C@H](C)/C=C/S(C)(=O)=O)cn1. The molecule has 1 heterocycles.